The maximum Gasteiger partial charge on any atom is 0.356 e. The molecule has 7 nitrogen and oxygen atoms in total. The first-order chi connectivity index (χ1) is 13.5. The topological polar surface area (TPSA) is 93.6 Å². The summed E-state index contributed by atoms with van der Waals surface area (Å²) < 4.78 is 12.1. The van der Waals surface area contributed by atoms with E-state index < -0.39 is 5.97 Å². The van der Waals surface area contributed by atoms with E-state index in [1.165, 1.54) is 7.11 Å². The lowest BCUT2D eigenvalue weighted by atomic mass is 10.1. The van der Waals surface area contributed by atoms with Crippen LogP contribution in [0.3, 0.4) is 0 Å². The van der Waals surface area contributed by atoms with Crippen molar-refractivity contribution in [3.05, 3.63) is 70.1 Å². The number of methoxy groups -OCH3 is 2. The molecule has 28 heavy (non-hydrogen) atoms. The summed E-state index contributed by atoms with van der Waals surface area (Å²) in [6.45, 7) is 0.329. The quantitative estimate of drug-likeness (QED) is 0.556. The summed E-state index contributed by atoms with van der Waals surface area (Å²) in [6, 6.07) is 14.8. The van der Waals surface area contributed by atoms with Gasteiger partial charge >= 0.3 is 5.97 Å². The molecule has 0 atom stereocenters. The van der Waals surface area contributed by atoms with Gasteiger partial charge in [0.05, 0.1) is 31.8 Å². The highest BCUT2D eigenvalue weighted by atomic mass is 16.5. The fourth-order valence-corrected chi connectivity index (χ4v) is 3.48. The van der Waals surface area contributed by atoms with E-state index in [0.29, 0.717) is 17.6 Å². The summed E-state index contributed by atoms with van der Waals surface area (Å²) in [5.74, 6) is -0.408. The molecule has 0 bridgehead atoms. The Balaban J connectivity index is 2.02. The van der Waals surface area contributed by atoms with Crippen LogP contribution in [0.2, 0.25) is 0 Å². The second kappa shape index (κ2) is 6.77. The van der Waals surface area contributed by atoms with Crippen molar-refractivity contribution in [3.8, 4) is 11.5 Å². The smallest absolute Gasteiger partial charge is 0.356 e. The molecule has 0 aliphatic heterocycles. The van der Waals surface area contributed by atoms with E-state index in [2.05, 4.69) is 4.98 Å². The lowest BCUT2D eigenvalue weighted by molar-refractivity contribution is 0.0688. The average Bonchev–Trinajstić information content (AvgIpc) is 3.12. The summed E-state index contributed by atoms with van der Waals surface area (Å²) >= 11 is 0. The van der Waals surface area contributed by atoms with Gasteiger partial charge in [-0.25, -0.2) is 4.79 Å². The van der Waals surface area contributed by atoms with E-state index in [1.807, 2.05) is 48.5 Å². The largest absolute Gasteiger partial charge is 0.497 e. The number of carbonyl (C=O) groups is 1. The molecule has 0 aliphatic rings. The predicted molar refractivity (Wildman–Crippen MR) is 106 cm³/mol. The molecule has 2 N–H and O–H groups in total. The monoisotopic (exact) mass is 378 g/mol. The third-order valence-corrected chi connectivity index (χ3v) is 4.80. The summed E-state index contributed by atoms with van der Waals surface area (Å²) in [5, 5.41) is 10.5. The summed E-state index contributed by atoms with van der Waals surface area (Å²) in [4.78, 5) is 27.8. The van der Waals surface area contributed by atoms with Gasteiger partial charge in [0.25, 0.3) is 5.56 Å². The van der Waals surface area contributed by atoms with Crippen molar-refractivity contribution in [2.45, 2.75) is 6.54 Å². The number of carboxylic acids is 1. The van der Waals surface area contributed by atoms with Crippen molar-refractivity contribution in [2.75, 3.05) is 14.2 Å². The first-order valence-electron chi connectivity index (χ1n) is 8.62. The molecule has 0 amide bonds. The number of aromatic nitrogens is 2. The Morgan fingerprint density at radius 3 is 2.43 bits per heavy atom. The highest BCUT2D eigenvalue weighted by Crippen LogP contribution is 2.32. The van der Waals surface area contributed by atoms with E-state index in [-0.39, 0.29) is 22.4 Å². The van der Waals surface area contributed by atoms with Crippen molar-refractivity contribution >= 4 is 27.8 Å². The van der Waals surface area contributed by atoms with E-state index in [9.17, 15) is 14.7 Å². The van der Waals surface area contributed by atoms with E-state index >= 15 is 0 Å². The van der Waals surface area contributed by atoms with Gasteiger partial charge in [0, 0.05) is 5.39 Å². The summed E-state index contributed by atoms with van der Waals surface area (Å²) in [6.07, 6.45) is 0. The van der Waals surface area contributed by atoms with Gasteiger partial charge in [-0.1, -0.05) is 30.3 Å². The molecule has 4 aromatic rings. The number of benzene rings is 2. The molecule has 7 heteroatoms. The van der Waals surface area contributed by atoms with Crippen LogP contribution in [-0.2, 0) is 6.54 Å². The number of H-pyrrole nitrogens is 1. The first kappa shape index (κ1) is 17.7. The van der Waals surface area contributed by atoms with E-state index in [4.69, 9.17) is 9.47 Å². The van der Waals surface area contributed by atoms with Crippen LogP contribution in [-0.4, -0.2) is 34.8 Å². The van der Waals surface area contributed by atoms with Crippen LogP contribution in [0.15, 0.2) is 53.3 Å². The number of hydrogen-bond acceptors (Lipinski definition) is 4. The number of aromatic carboxylic acids is 1. The van der Waals surface area contributed by atoms with Crippen LogP contribution in [0, 0.1) is 0 Å². The molecule has 0 radical (unpaired) electrons. The number of carboxylic acid groups (broad SMARTS) is 1. The van der Waals surface area contributed by atoms with Gasteiger partial charge in [-0.05, 0) is 23.8 Å². The van der Waals surface area contributed by atoms with Crippen LogP contribution >= 0.6 is 0 Å². The molecule has 0 fully saturated rings. The van der Waals surface area contributed by atoms with Crippen molar-refractivity contribution in [1.82, 2.24) is 9.55 Å². The number of pyridine rings is 1. The van der Waals surface area contributed by atoms with E-state index in [1.54, 1.807) is 11.7 Å². The van der Waals surface area contributed by atoms with Crippen LogP contribution in [0.5, 0.6) is 11.5 Å². The van der Waals surface area contributed by atoms with Crippen molar-refractivity contribution < 1.29 is 19.4 Å². The number of hydrogen-bond donors (Lipinski definition) is 2. The highest BCUT2D eigenvalue weighted by Gasteiger charge is 2.23. The van der Waals surface area contributed by atoms with Crippen molar-refractivity contribution in [3.63, 3.8) is 0 Å². The van der Waals surface area contributed by atoms with Crippen molar-refractivity contribution in [1.29, 1.82) is 0 Å². The molecule has 2 aromatic carbocycles. The second-order valence-electron chi connectivity index (χ2n) is 6.34. The molecule has 2 heterocycles. The minimum Gasteiger partial charge on any atom is -0.497 e. The molecule has 0 spiro atoms. The van der Waals surface area contributed by atoms with E-state index in [0.717, 1.165) is 16.7 Å². The second-order valence-corrected chi connectivity index (χ2v) is 6.34. The van der Waals surface area contributed by atoms with Gasteiger partial charge in [-0.2, -0.15) is 0 Å². The number of fused-ring (bicyclic) bond motifs is 3. The Morgan fingerprint density at radius 2 is 1.79 bits per heavy atom. The summed E-state index contributed by atoms with van der Waals surface area (Å²) in [7, 11) is 2.96. The molecular weight excluding hydrogens is 360 g/mol. The average molecular weight is 378 g/mol. The Morgan fingerprint density at radius 1 is 1.07 bits per heavy atom. The maximum atomic E-state index is 13.3. The standard InChI is InChI=1S/C21H18N2O5/c1-27-13-9-7-12(8-10-13)11-23-15-6-4-3-5-14(15)17-16(20(23)24)19(28-2)18(22-17)21(25)26/h3-10,22H,11H2,1-2H3,(H,25,26). The predicted octanol–water partition coefficient (Wildman–Crippen LogP) is 3.25. The van der Waals surface area contributed by atoms with Crippen molar-refractivity contribution in [2.24, 2.45) is 0 Å². The third kappa shape index (κ3) is 2.68. The highest BCUT2D eigenvalue weighted by molar-refractivity contribution is 6.10. The third-order valence-electron chi connectivity index (χ3n) is 4.80. The number of ether oxygens (including phenoxy) is 2. The normalized spacial score (nSPS) is 11.1. The zero-order valence-corrected chi connectivity index (χ0v) is 15.4. The Hall–Kier alpha value is -3.74. The molecule has 0 aliphatic carbocycles. The molecular formula is C21H18N2O5. The molecule has 4 rings (SSSR count). The van der Waals surface area contributed by atoms with Gasteiger partial charge < -0.3 is 24.1 Å². The first-order valence-corrected chi connectivity index (χ1v) is 8.62. The SMILES string of the molecule is COc1ccc(Cn2c(=O)c3c(OC)c(C(=O)O)[nH]c3c3ccccc32)cc1. The Kier molecular flexibility index (Phi) is 4.27. The molecule has 2 aromatic heterocycles. The van der Waals surface area contributed by atoms with Gasteiger partial charge in [0.1, 0.15) is 11.1 Å². The number of para-hydroxylation sites is 1. The van der Waals surface area contributed by atoms with Gasteiger partial charge in [-0.3, -0.25) is 4.79 Å². The van der Waals surface area contributed by atoms with Crippen LogP contribution < -0.4 is 15.0 Å². The van der Waals surface area contributed by atoms with Gasteiger partial charge in [0.15, 0.2) is 11.4 Å². The Labute approximate surface area is 159 Å². The number of nitrogens with one attached hydrogen (secondary N) is 1. The van der Waals surface area contributed by atoms with Gasteiger partial charge in [0.2, 0.25) is 0 Å². The number of nitrogens with zero attached hydrogens (tertiary/aromatic N) is 1. The van der Waals surface area contributed by atoms with Crippen LogP contribution in [0.25, 0.3) is 21.8 Å². The maximum absolute atomic E-state index is 13.3. The minimum absolute atomic E-state index is 0.0433. The molecule has 0 unspecified atom stereocenters. The van der Waals surface area contributed by atoms with Gasteiger partial charge in [-0.15, -0.1) is 0 Å². The zero-order chi connectivity index (χ0) is 19.8. The summed E-state index contributed by atoms with van der Waals surface area (Å²) in [5.41, 5.74) is 1.63. The molecule has 142 valence electrons. The molecule has 0 saturated heterocycles. The van der Waals surface area contributed by atoms with Crippen LogP contribution in [0.4, 0.5) is 0 Å². The lowest BCUT2D eigenvalue weighted by Gasteiger charge is -2.12. The zero-order valence-electron chi connectivity index (χ0n) is 15.4. The fraction of sp³-hybridized carbons (Fsp3) is 0.143. The number of aromatic amines is 1. The number of rotatable bonds is 5. The lowest BCUT2D eigenvalue weighted by Crippen LogP contribution is -2.21. The minimum atomic E-state index is -1.18. The fourth-order valence-electron chi connectivity index (χ4n) is 3.48. The Bertz CT molecular complexity index is 1250. The molecule has 0 saturated carbocycles. The van der Waals surface area contributed by atoms with Crippen LogP contribution in [0.1, 0.15) is 16.1 Å².